The van der Waals surface area contributed by atoms with Gasteiger partial charge in [0.15, 0.2) is 6.29 Å². The Kier molecular flexibility index (Phi) is 3.35. The highest BCUT2D eigenvalue weighted by Gasteiger charge is 2.51. The number of rotatable bonds is 4. The van der Waals surface area contributed by atoms with Gasteiger partial charge in [-0.3, -0.25) is 19.2 Å². The first kappa shape index (κ1) is 13.9. The Morgan fingerprint density at radius 3 is 2.20 bits per heavy atom. The summed E-state index contributed by atoms with van der Waals surface area (Å²) in [4.78, 5) is 46.4. The van der Waals surface area contributed by atoms with Gasteiger partial charge in [0.2, 0.25) is 0 Å². The molecule has 104 valence electrons. The lowest BCUT2D eigenvalue weighted by atomic mass is 10.1. The lowest BCUT2D eigenvalue weighted by Gasteiger charge is -2.26. The van der Waals surface area contributed by atoms with Crippen molar-refractivity contribution in [2.45, 2.75) is 12.2 Å². The number of hydrogen-bond acceptors (Lipinski definition) is 5. The zero-order valence-corrected chi connectivity index (χ0v) is 10.5. The molecule has 2 rings (SSSR count). The fourth-order valence-corrected chi connectivity index (χ4v) is 1.97. The van der Waals surface area contributed by atoms with E-state index < -0.39 is 30.0 Å². The molecule has 1 aromatic carbocycles. The van der Waals surface area contributed by atoms with Crippen molar-refractivity contribution in [1.29, 1.82) is 0 Å². The van der Waals surface area contributed by atoms with E-state index in [2.05, 4.69) is 4.74 Å². The van der Waals surface area contributed by atoms with Gasteiger partial charge in [0.05, 0.1) is 18.2 Å². The fraction of sp³-hybridized carbons (Fsp3) is 0.231. The highest BCUT2D eigenvalue weighted by molar-refractivity contribution is 6.22. The number of imide groups is 1. The summed E-state index contributed by atoms with van der Waals surface area (Å²) in [7, 11) is 1.01. The maximum absolute atomic E-state index is 14.5. The molecule has 1 heterocycles. The smallest absolute Gasteiger partial charge is 0.311 e. The van der Waals surface area contributed by atoms with Crippen LogP contribution in [0, 0.1) is 0 Å². The molecule has 0 aliphatic carbocycles. The van der Waals surface area contributed by atoms with Crippen LogP contribution in [-0.2, 0) is 14.3 Å². The number of halogens is 1. The molecule has 0 unspecified atom stereocenters. The average molecular weight is 279 g/mol. The Balaban J connectivity index is 2.43. The molecule has 0 spiro atoms. The van der Waals surface area contributed by atoms with E-state index in [9.17, 15) is 23.6 Å². The number of aldehydes is 1. The molecule has 1 atom stereocenters. The standard InChI is InChI=1S/C13H10FNO5/c1-20-10(17)6-13(14,7-16)15-11(18)8-4-2-3-5-9(8)12(15)19/h2-5,7H,6H2,1H3/t13-/m1/s1. The zero-order valence-electron chi connectivity index (χ0n) is 10.5. The number of ether oxygens (including phenoxy) is 1. The quantitative estimate of drug-likeness (QED) is 0.351. The van der Waals surface area contributed by atoms with Crippen LogP contribution in [0.4, 0.5) is 4.39 Å². The molecule has 0 aromatic heterocycles. The summed E-state index contributed by atoms with van der Waals surface area (Å²) in [6.45, 7) is 0. The molecular formula is C13H10FNO5. The van der Waals surface area contributed by atoms with Gasteiger partial charge in [-0.1, -0.05) is 12.1 Å². The molecular weight excluding hydrogens is 269 g/mol. The molecule has 2 amide bonds. The van der Waals surface area contributed by atoms with E-state index in [-0.39, 0.29) is 22.3 Å². The first-order chi connectivity index (χ1) is 9.44. The van der Waals surface area contributed by atoms with Gasteiger partial charge >= 0.3 is 5.97 Å². The number of carbonyl (C=O) groups excluding carboxylic acids is 4. The van der Waals surface area contributed by atoms with E-state index in [1.165, 1.54) is 24.3 Å². The molecule has 0 radical (unpaired) electrons. The minimum absolute atomic E-state index is 0.00811. The Morgan fingerprint density at radius 2 is 1.80 bits per heavy atom. The van der Waals surface area contributed by atoms with E-state index >= 15 is 0 Å². The molecule has 1 aliphatic heterocycles. The average Bonchev–Trinajstić information content (AvgIpc) is 2.71. The minimum Gasteiger partial charge on any atom is -0.469 e. The van der Waals surface area contributed by atoms with Gasteiger partial charge in [0, 0.05) is 0 Å². The molecule has 1 aromatic rings. The van der Waals surface area contributed by atoms with Crippen LogP contribution in [0.1, 0.15) is 27.1 Å². The van der Waals surface area contributed by atoms with Gasteiger partial charge in [-0.2, -0.15) is 0 Å². The number of hydrogen-bond donors (Lipinski definition) is 0. The number of nitrogens with zero attached hydrogens (tertiary/aromatic N) is 1. The molecule has 0 N–H and O–H groups in total. The SMILES string of the molecule is COC(=O)C[C@](F)(C=O)N1C(=O)c2ccccc2C1=O. The molecule has 0 saturated heterocycles. The topological polar surface area (TPSA) is 80.8 Å². The summed E-state index contributed by atoms with van der Waals surface area (Å²) in [6, 6.07) is 5.71. The number of esters is 1. The van der Waals surface area contributed by atoms with Crippen molar-refractivity contribution in [3.8, 4) is 0 Å². The van der Waals surface area contributed by atoms with Gasteiger partial charge in [-0.25, -0.2) is 9.29 Å². The number of carbonyl (C=O) groups is 4. The van der Waals surface area contributed by atoms with Crippen LogP contribution in [0.5, 0.6) is 0 Å². The predicted molar refractivity (Wildman–Crippen MR) is 63.5 cm³/mol. The van der Waals surface area contributed by atoms with Crippen molar-refractivity contribution in [3.05, 3.63) is 35.4 Å². The fourth-order valence-electron chi connectivity index (χ4n) is 1.97. The van der Waals surface area contributed by atoms with Gasteiger partial charge in [0.25, 0.3) is 17.6 Å². The maximum atomic E-state index is 14.5. The third-order valence-corrected chi connectivity index (χ3v) is 2.97. The Labute approximate surface area is 113 Å². The number of amides is 2. The van der Waals surface area contributed by atoms with Crippen molar-refractivity contribution < 1.29 is 28.3 Å². The van der Waals surface area contributed by atoms with E-state index in [1.807, 2.05) is 0 Å². The molecule has 1 aliphatic rings. The van der Waals surface area contributed by atoms with Crippen molar-refractivity contribution in [2.24, 2.45) is 0 Å². The molecule has 0 saturated carbocycles. The number of methoxy groups -OCH3 is 1. The molecule has 7 heteroatoms. The van der Waals surface area contributed by atoms with E-state index in [0.29, 0.717) is 0 Å². The summed E-state index contributed by atoms with van der Waals surface area (Å²) in [5, 5.41) is 0. The van der Waals surface area contributed by atoms with Gasteiger partial charge in [0.1, 0.15) is 6.42 Å². The molecule has 20 heavy (non-hydrogen) atoms. The van der Waals surface area contributed by atoms with Crippen molar-refractivity contribution >= 4 is 24.1 Å². The van der Waals surface area contributed by atoms with Gasteiger partial charge in [-0.05, 0) is 12.1 Å². The largest absolute Gasteiger partial charge is 0.469 e. The van der Waals surface area contributed by atoms with E-state index in [1.54, 1.807) is 0 Å². The maximum Gasteiger partial charge on any atom is 0.311 e. The van der Waals surface area contributed by atoms with Crippen LogP contribution >= 0.6 is 0 Å². The lowest BCUT2D eigenvalue weighted by Crippen LogP contribution is -2.51. The Hall–Kier alpha value is -2.57. The normalized spacial score (nSPS) is 16.6. The van der Waals surface area contributed by atoms with E-state index in [4.69, 9.17) is 0 Å². The summed E-state index contributed by atoms with van der Waals surface area (Å²) in [5.41, 5.74) is -0.0162. The lowest BCUT2D eigenvalue weighted by molar-refractivity contribution is -0.149. The summed E-state index contributed by atoms with van der Waals surface area (Å²) in [6.07, 6.45) is -1.29. The van der Waals surface area contributed by atoms with Crippen molar-refractivity contribution in [1.82, 2.24) is 4.90 Å². The zero-order chi connectivity index (χ0) is 14.9. The second kappa shape index (κ2) is 4.84. The van der Waals surface area contributed by atoms with Crippen LogP contribution < -0.4 is 0 Å². The van der Waals surface area contributed by atoms with Crippen LogP contribution in [0.3, 0.4) is 0 Å². The van der Waals surface area contributed by atoms with Crippen molar-refractivity contribution in [3.63, 3.8) is 0 Å². The predicted octanol–water partition coefficient (Wildman–Crippen LogP) is 0.710. The van der Waals surface area contributed by atoms with Crippen LogP contribution in [0.25, 0.3) is 0 Å². The summed E-state index contributed by atoms with van der Waals surface area (Å²) in [5.74, 6) is -6.01. The number of alkyl halides is 1. The second-order valence-electron chi connectivity index (χ2n) is 4.18. The van der Waals surface area contributed by atoms with Gasteiger partial charge < -0.3 is 4.74 Å². The first-order valence-corrected chi connectivity index (χ1v) is 5.64. The minimum atomic E-state index is -3.06. The highest BCUT2D eigenvalue weighted by atomic mass is 19.1. The third kappa shape index (κ3) is 1.97. The van der Waals surface area contributed by atoms with Crippen LogP contribution in [0.15, 0.2) is 24.3 Å². The first-order valence-electron chi connectivity index (χ1n) is 5.64. The molecule has 0 bridgehead atoms. The molecule has 6 nitrogen and oxygen atoms in total. The third-order valence-electron chi connectivity index (χ3n) is 2.97. The van der Waals surface area contributed by atoms with Crippen molar-refractivity contribution in [2.75, 3.05) is 7.11 Å². The van der Waals surface area contributed by atoms with Gasteiger partial charge in [-0.15, -0.1) is 0 Å². The summed E-state index contributed by atoms with van der Waals surface area (Å²) < 4.78 is 18.8. The number of fused-ring (bicyclic) bond motifs is 1. The summed E-state index contributed by atoms with van der Waals surface area (Å²) >= 11 is 0. The second-order valence-corrected chi connectivity index (χ2v) is 4.18. The Bertz CT molecular complexity index is 580. The Morgan fingerprint density at radius 1 is 1.30 bits per heavy atom. The monoisotopic (exact) mass is 279 g/mol. The van der Waals surface area contributed by atoms with Crippen LogP contribution in [0.2, 0.25) is 0 Å². The molecule has 0 fully saturated rings. The van der Waals surface area contributed by atoms with Crippen LogP contribution in [-0.4, -0.2) is 41.9 Å². The highest BCUT2D eigenvalue weighted by Crippen LogP contribution is 2.31. The van der Waals surface area contributed by atoms with E-state index in [0.717, 1.165) is 7.11 Å². The number of benzene rings is 1.